The maximum atomic E-state index is 13.1. The summed E-state index contributed by atoms with van der Waals surface area (Å²) < 4.78 is 5.53. The summed E-state index contributed by atoms with van der Waals surface area (Å²) in [7, 11) is 0. The predicted molar refractivity (Wildman–Crippen MR) is 105 cm³/mol. The molecule has 0 spiro atoms. The Kier molecular flexibility index (Phi) is 6.34. The molecule has 1 saturated carbocycles. The van der Waals surface area contributed by atoms with E-state index in [-0.39, 0.29) is 18.0 Å². The van der Waals surface area contributed by atoms with E-state index in [4.69, 9.17) is 4.74 Å². The number of nitrogens with one attached hydrogen (secondary N) is 3. The molecule has 4 atom stereocenters. The average Bonchev–Trinajstić information content (AvgIpc) is 3.12. The van der Waals surface area contributed by atoms with E-state index in [1.165, 1.54) is 19.3 Å². The summed E-state index contributed by atoms with van der Waals surface area (Å²) in [5, 5.41) is 9.35. The number of fused-ring (bicyclic) bond motifs is 1. The van der Waals surface area contributed by atoms with Crippen molar-refractivity contribution in [2.24, 2.45) is 11.8 Å². The third-order valence-electron chi connectivity index (χ3n) is 7.09. The maximum absolute atomic E-state index is 13.1. The molecule has 7 nitrogen and oxygen atoms in total. The Balaban J connectivity index is 1.36. The molecule has 3 saturated heterocycles. The van der Waals surface area contributed by atoms with Crippen molar-refractivity contribution in [1.29, 1.82) is 0 Å². The zero-order chi connectivity index (χ0) is 18.8. The van der Waals surface area contributed by atoms with Gasteiger partial charge >= 0.3 is 0 Å². The van der Waals surface area contributed by atoms with Crippen molar-refractivity contribution >= 4 is 5.91 Å². The SMILES string of the molecule is CCC1CCC(NC(=O)C2CNN3C2NC(C)CC3N2CCOCC2)CC1. The summed E-state index contributed by atoms with van der Waals surface area (Å²) in [4.78, 5) is 15.6. The Labute approximate surface area is 163 Å². The lowest BCUT2D eigenvalue weighted by Gasteiger charge is -2.47. The van der Waals surface area contributed by atoms with Gasteiger partial charge in [0.05, 0.1) is 31.5 Å². The first-order valence-electron chi connectivity index (χ1n) is 11.1. The average molecular weight is 380 g/mol. The molecule has 1 amide bonds. The Bertz CT molecular complexity index is 505. The summed E-state index contributed by atoms with van der Waals surface area (Å²) in [5.41, 5.74) is 3.54. The van der Waals surface area contributed by atoms with Gasteiger partial charge in [0.1, 0.15) is 0 Å². The van der Waals surface area contributed by atoms with Crippen LogP contribution in [-0.4, -0.2) is 73.1 Å². The van der Waals surface area contributed by atoms with Crippen molar-refractivity contribution < 1.29 is 9.53 Å². The minimum atomic E-state index is -0.0276. The zero-order valence-electron chi connectivity index (χ0n) is 17.0. The monoisotopic (exact) mass is 379 g/mol. The van der Waals surface area contributed by atoms with Crippen LogP contribution in [0.15, 0.2) is 0 Å². The van der Waals surface area contributed by atoms with Crippen molar-refractivity contribution in [3.63, 3.8) is 0 Å². The number of ether oxygens (including phenoxy) is 1. The number of nitrogens with zero attached hydrogens (tertiary/aromatic N) is 2. The number of morpholine rings is 1. The molecule has 4 fully saturated rings. The van der Waals surface area contributed by atoms with E-state index in [0.717, 1.165) is 58.0 Å². The fourth-order valence-electron chi connectivity index (χ4n) is 5.34. The van der Waals surface area contributed by atoms with Crippen molar-refractivity contribution in [2.75, 3.05) is 32.8 Å². The first-order chi connectivity index (χ1) is 13.2. The molecule has 3 N–H and O–H groups in total. The third kappa shape index (κ3) is 4.32. The standard InChI is InChI=1S/C20H37N5O2/c1-3-15-4-6-16(7-5-15)23-20(26)17-13-21-25-18(12-14(2)22-19(17)25)24-8-10-27-11-9-24/h14-19,21-22H,3-13H2,1-2H3,(H,23,26). The van der Waals surface area contributed by atoms with E-state index in [1.807, 2.05) is 0 Å². The summed E-state index contributed by atoms with van der Waals surface area (Å²) in [6.07, 6.45) is 7.55. The Morgan fingerprint density at radius 3 is 2.63 bits per heavy atom. The molecule has 0 radical (unpaired) electrons. The van der Waals surface area contributed by atoms with Crippen LogP contribution in [0.5, 0.6) is 0 Å². The van der Waals surface area contributed by atoms with Gasteiger partial charge in [-0.25, -0.2) is 5.01 Å². The van der Waals surface area contributed by atoms with Crippen molar-refractivity contribution in [3.05, 3.63) is 0 Å². The van der Waals surface area contributed by atoms with Crippen LogP contribution < -0.4 is 16.1 Å². The molecule has 4 unspecified atom stereocenters. The lowest BCUT2D eigenvalue weighted by Crippen LogP contribution is -2.67. The van der Waals surface area contributed by atoms with E-state index in [1.54, 1.807) is 0 Å². The van der Waals surface area contributed by atoms with Gasteiger partial charge in [0.25, 0.3) is 0 Å². The normalized spacial score (nSPS) is 41.3. The largest absolute Gasteiger partial charge is 0.379 e. The van der Waals surface area contributed by atoms with Crippen LogP contribution in [0.1, 0.15) is 52.4 Å². The zero-order valence-corrected chi connectivity index (χ0v) is 17.0. The van der Waals surface area contributed by atoms with E-state index < -0.39 is 0 Å². The highest BCUT2D eigenvalue weighted by Crippen LogP contribution is 2.29. The molecule has 7 heteroatoms. The van der Waals surface area contributed by atoms with Crippen LogP contribution in [0.3, 0.4) is 0 Å². The predicted octanol–water partition coefficient (Wildman–Crippen LogP) is 0.874. The molecule has 27 heavy (non-hydrogen) atoms. The maximum Gasteiger partial charge on any atom is 0.227 e. The van der Waals surface area contributed by atoms with E-state index >= 15 is 0 Å². The summed E-state index contributed by atoms with van der Waals surface area (Å²) in [5.74, 6) is 1.05. The Hall–Kier alpha value is -0.730. The number of hydrogen-bond donors (Lipinski definition) is 3. The summed E-state index contributed by atoms with van der Waals surface area (Å²) in [6, 6.07) is 0.777. The number of amides is 1. The highest BCUT2D eigenvalue weighted by Gasteiger charge is 2.47. The fraction of sp³-hybridized carbons (Fsp3) is 0.950. The van der Waals surface area contributed by atoms with E-state index in [0.29, 0.717) is 18.2 Å². The van der Waals surface area contributed by atoms with Gasteiger partial charge in [-0.05, 0) is 44.9 Å². The number of carbonyl (C=O) groups is 1. The highest BCUT2D eigenvalue weighted by atomic mass is 16.5. The number of hydrogen-bond acceptors (Lipinski definition) is 6. The van der Waals surface area contributed by atoms with Gasteiger partial charge in [-0.1, -0.05) is 13.3 Å². The van der Waals surface area contributed by atoms with Crippen LogP contribution in [-0.2, 0) is 9.53 Å². The molecule has 0 aromatic heterocycles. The number of rotatable bonds is 4. The lowest BCUT2D eigenvalue weighted by molar-refractivity contribution is -0.129. The second-order valence-corrected chi connectivity index (χ2v) is 8.89. The quantitative estimate of drug-likeness (QED) is 0.674. The first kappa shape index (κ1) is 19.6. The molecular weight excluding hydrogens is 342 g/mol. The van der Waals surface area contributed by atoms with Crippen molar-refractivity contribution in [2.45, 2.75) is 76.8 Å². The Morgan fingerprint density at radius 2 is 1.93 bits per heavy atom. The number of carbonyl (C=O) groups excluding carboxylic acids is 1. The van der Waals surface area contributed by atoms with Crippen molar-refractivity contribution in [1.82, 2.24) is 26.0 Å². The third-order valence-corrected chi connectivity index (χ3v) is 7.09. The molecule has 3 heterocycles. The highest BCUT2D eigenvalue weighted by molar-refractivity contribution is 5.80. The number of hydrazine groups is 1. The van der Waals surface area contributed by atoms with Crippen molar-refractivity contribution in [3.8, 4) is 0 Å². The molecule has 1 aliphatic carbocycles. The molecule has 0 bridgehead atoms. The molecule has 0 aromatic rings. The van der Waals surface area contributed by atoms with Gasteiger partial charge in [-0.3, -0.25) is 20.4 Å². The topological polar surface area (TPSA) is 68.9 Å². The second kappa shape index (κ2) is 8.74. The minimum absolute atomic E-state index is 0.0276. The molecular formula is C20H37N5O2. The fourth-order valence-corrected chi connectivity index (χ4v) is 5.34. The Morgan fingerprint density at radius 1 is 1.19 bits per heavy atom. The van der Waals surface area contributed by atoms with Gasteiger partial charge in [0.15, 0.2) is 0 Å². The van der Waals surface area contributed by atoms with E-state index in [2.05, 4.69) is 39.8 Å². The van der Waals surface area contributed by atoms with Gasteiger partial charge < -0.3 is 10.1 Å². The molecule has 4 rings (SSSR count). The minimum Gasteiger partial charge on any atom is -0.379 e. The van der Waals surface area contributed by atoms with Crippen LogP contribution in [0.4, 0.5) is 0 Å². The molecule has 4 aliphatic rings. The summed E-state index contributed by atoms with van der Waals surface area (Å²) >= 11 is 0. The van der Waals surface area contributed by atoms with Crippen LogP contribution in [0.25, 0.3) is 0 Å². The van der Waals surface area contributed by atoms with Gasteiger partial charge in [0.2, 0.25) is 5.91 Å². The lowest BCUT2D eigenvalue weighted by atomic mass is 9.84. The smallest absolute Gasteiger partial charge is 0.227 e. The van der Waals surface area contributed by atoms with Crippen LogP contribution in [0.2, 0.25) is 0 Å². The van der Waals surface area contributed by atoms with Gasteiger partial charge in [-0.2, -0.15) is 0 Å². The molecule has 3 aliphatic heterocycles. The van der Waals surface area contributed by atoms with Gasteiger partial charge in [-0.15, -0.1) is 0 Å². The van der Waals surface area contributed by atoms with Gasteiger partial charge in [0, 0.05) is 31.7 Å². The molecule has 154 valence electrons. The van der Waals surface area contributed by atoms with Crippen LogP contribution in [0, 0.1) is 11.8 Å². The summed E-state index contributed by atoms with van der Waals surface area (Å²) in [6.45, 7) is 8.80. The van der Waals surface area contributed by atoms with E-state index in [9.17, 15) is 4.79 Å². The first-order valence-corrected chi connectivity index (χ1v) is 11.1. The molecule has 0 aromatic carbocycles. The second-order valence-electron chi connectivity index (χ2n) is 8.89. The van der Waals surface area contributed by atoms with Crippen LogP contribution >= 0.6 is 0 Å².